The molecule has 0 radical (unpaired) electrons. The molecule has 0 bridgehead atoms. The number of hydrogen-bond acceptors (Lipinski definition) is 4. The maximum atomic E-state index is 13.1. The number of hydrogen-bond donors (Lipinski definition) is 3. The summed E-state index contributed by atoms with van der Waals surface area (Å²) in [6.07, 6.45) is 4.63. The highest BCUT2D eigenvalue weighted by molar-refractivity contribution is 5.86. The number of carbonyl (C=O) groups is 3. The Balaban J connectivity index is 1.19. The first-order chi connectivity index (χ1) is 17.0. The number of carboxylic acids is 1. The zero-order chi connectivity index (χ0) is 24.4. The van der Waals surface area contributed by atoms with Crippen LogP contribution in [0.4, 0.5) is 4.79 Å². The third-order valence-corrected chi connectivity index (χ3v) is 7.87. The third-order valence-electron chi connectivity index (χ3n) is 7.87. The van der Waals surface area contributed by atoms with Crippen molar-refractivity contribution in [3.8, 4) is 11.1 Å². The van der Waals surface area contributed by atoms with Gasteiger partial charge in [0.25, 0.3) is 0 Å². The molecule has 0 aromatic heterocycles. The molecule has 0 spiro atoms. The van der Waals surface area contributed by atoms with Gasteiger partial charge in [-0.25, -0.2) is 4.79 Å². The lowest BCUT2D eigenvalue weighted by molar-refractivity contribution is -0.138. The van der Waals surface area contributed by atoms with Crippen molar-refractivity contribution in [2.75, 3.05) is 6.61 Å². The van der Waals surface area contributed by atoms with Crippen LogP contribution in [0.15, 0.2) is 48.5 Å². The van der Waals surface area contributed by atoms with Crippen molar-refractivity contribution >= 4 is 18.0 Å². The maximum absolute atomic E-state index is 13.1. The summed E-state index contributed by atoms with van der Waals surface area (Å²) in [6, 6.07) is 15.7. The monoisotopic (exact) mass is 476 g/mol. The van der Waals surface area contributed by atoms with Crippen LogP contribution in [0.25, 0.3) is 11.1 Å². The number of nitrogens with one attached hydrogen (secondary N) is 2. The van der Waals surface area contributed by atoms with Crippen LogP contribution < -0.4 is 10.6 Å². The first-order valence-electron chi connectivity index (χ1n) is 12.6. The highest BCUT2D eigenvalue weighted by Crippen LogP contribution is 2.44. The van der Waals surface area contributed by atoms with Crippen molar-refractivity contribution in [1.82, 2.24) is 10.6 Å². The van der Waals surface area contributed by atoms with E-state index in [-0.39, 0.29) is 42.7 Å². The molecule has 3 atom stereocenters. The standard InChI is InChI=1S/C28H32N2O5/c31-25(32)15-17-12-13-19(14-17)29-27(33)26(18-6-5-7-18)30-28(34)35-16-24-22-10-3-1-8-20(22)21-9-2-4-11-23(21)24/h1-4,8-11,17-19,24,26H,5-7,12-16H2,(H,29,33)(H,30,34)(H,31,32)/t17-,19+,26?/m0/s1. The minimum absolute atomic E-state index is 0.0335. The Morgan fingerprint density at radius 3 is 2.20 bits per heavy atom. The van der Waals surface area contributed by atoms with Crippen LogP contribution in [-0.4, -0.2) is 41.8 Å². The quantitative estimate of drug-likeness (QED) is 0.522. The number of rotatable bonds is 8. The molecular formula is C28H32N2O5. The molecule has 2 fully saturated rings. The molecule has 5 rings (SSSR count). The van der Waals surface area contributed by atoms with Gasteiger partial charge in [-0.1, -0.05) is 55.0 Å². The first-order valence-corrected chi connectivity index (χ1v) is 12.6. The number of alkyl carbamates (subject to hydrolysis) is 1. The van der Waals surface area contributed by atoms with E-state index in [1.165, 1.54) is 11.1 Å². The van der Waals surface area contributed by atoms with Crippen molar-refractivity contribution in [1.29, 1.82) is 0 Å². The summed E-state index contributed by atoms with van der Waals surface area (Å²) < 4.78 is 5.67. The summed E-state index contributed by atoms with van der Waals surface area (Å²) in [4.78, 5) is 36.9. The van der Waals surface area contributed by atoms with E-state index in [0.29, 0.717) is 6.42 Å². The van der Waals surface area contributed by atoms with Crippen LogP contribution in [0.1, 0.15) is 62.0 Å². The van der Waals surface area contributed by atoms with Gasteiger partial charge in [-0.2, -0.15) is 0 Å². The van der Waals surface area contributed by atoms with Crippen LogP contribution in [-0.2, 0) is 14.3 Å². The van der Waals surface area contributed by atoms with Crippen LogP contribution in [0.3, 0.4) is 0 Å². The van der Waals surface area contributed by atoms with Crippen LogP contribution in [0.2, 0.25) is 0 Å². The molecule has 0 aliphatic heterocycles. The second-order valence-electron chi connectivity index (χ2n) is 10.1. The van der Waals surface area contributed by atoms with Gasteiger partial charge in [-0.05, 0) is 66.2 Å². The molecule has 184 valence electrons. The Bertz CT molecular complexity index is 1070. The number of amides is 2. The van der Waals surface area contributed by atoms with Gasteiger partial charge in [-0.15, -0.1) is 0 Å². The molecule has 3 aliphatic rings. The molecule has 0 saturated heterocycles. The molecule has 2 aromatic carbocycles. The van der Waals surface area contributed by atoms with Gasteiger partial charge in [0.15, 0.2) is 0 Å². The highest BCUT2D eigenvalue weighted by Gasteiger charge is 2.37. The van der Waals surface area contributed by atoms with Crippen molar-refractivity contribution in [2.24, 2.45) is 11.8 Å². The van der Waals surface area contributed by atoms with E-state index in [2.05, 4.69) is 34.9 Å². The zero-order valence-corrected chi connectivity index (χ0v) is 19.7. The van der Waals surface area contributed by atoms with Gasteiger partial charge in [0.1, 0.15) is 12.6 Å². The van der Waals surface area contributed by atoms with Gasteiger partial charge in [0.05, 0.1) is 0 Å². The first kappa shape index (κ1) is 23.4. The number of fused-ring (bicyclic) bond motifs is 3. The summed E-state index contributed by atoms with van der Waals surface area (Å²) in [5.74, 6) is -0.828. The second-order valence-corrected chi connectivity index (χ2v) is 10.1. The lowest BCUT2D eigenvalue weighted by Gasteiger charge is -2.33. The van der Waals surface area contributed by atoms with E-state index in [9.17, 15) is 14.4 Å². The van der Waals surface area contributed by atoms with E-state index < -0.39 is 18.1 Å². The van der Waals surface area contributed by atoms with E-state index in [1.807, 2.05) is 24.3 Å². The molecule has 35 heavy (non-hydrogen) atoms. The number of benzene rings is 2. The summed E-state index contributed by atoms with van der Waals surface area (Å²) in [6.45, 7) is 0.207. The van der Waals surface area contributed by atoms with Crippen molar-refractivity contribution in [3.05, 3.63) is 59.7 Å². The minimum Gasteiger partial charge on any atom is -0.481 e. The summed E-state index contributed by atoms with van der Waals surface area (Å²) in [5, 5.41) is 14.9. The SMILES string of the molecule is O=C(O)C[C@H]1CC[C@@H](NC(=O)C(NC(=O)OCC2c3ccccc3-c3ccccc32)C2CCC2)C1. The van der Waals surface area contributed by atoms with Gasteiger partial charge in [0, 0.05) is 18.4 Å². The average molecular weight is 477 g/mol. The smallest absolute Gasteiger partial charge is 0.407 e. The van der Waals surface area contributed by atoms with Crippen LogP contribution in [0, 0.1) is 11.8 Å². The van der Waals surface area contributed by atoms with E-state index in [4.69, 9.17) is 9.84 Å². The van der Waals surface area contributed by atoms with Crippen molar-refractivity contribution < 1.29 is 24.2 Å². The molecule has 2 aromatic rings. The van der Waals surface area contributed by atoms with E-state index in [1.54, 1.807) is 0 Å². The van der Waals surface area contributed by atoms with Gasteiger partial charge < -0.3 is 20.5 Å². The van der Waals surface area contributed by atoms with Crippen LogP contribution >= 0.6 is 0 Å². The normalized spacial score (nSPS) is 21.9. The third kappa shape index (κ3) is 5.04. The molecule has 2 saturated carbocycles. The lowest BCUT2D eigenvalue weighted by atomic mass is 9.79. The summed E-state index contributed by atoms with van der Waals surface area (Å²) in [5.41, 5.74) is 4.63. The molecule has 0 heterocycles. The van der Waals surface area contributed by atoms with E-state index in [0.717, 1.165) is 43.2 Å². The Morgan fingerprint density at radius 1 is 0.943 bits per heavy atom. The molecule has 2 amide bonds. The highest BCUT2D eigenvalue weighted by atomic mass is 16.5. The fourth-order valence-corrected chi connectivity index (χ4v) is 5.87. The Morgan fingerprint density at radius 2 is 1.60 bits per heavy atom. The van der Waals surface area contributed by atoms with Crippen molar-refractivity contribution in [2.45, 2.75) is 62.9 Å². The molecule has 3 N–H and O–H groups in total. The molecular weight excluding hydrogens is 444 g/mol. The average Bonchev–Trinajstić information content (AvgIpc) is 3.37. The number of aliphatic carboxylic acids is 1. The lowest BCUT2D eigenvalue weighted by Crippen LogP contribution is -2.54. The zero-order valence-electron chi connectivity index (χ0n) is 19.7. The molecule has 7 nitrogen and oxygen atoms in total. The van der Waals surface area contributed by atoms with Crippen molar-refractivity contribution in [3.63, 3.8) is 0 Å². The predicted molar refractivity (Wildman–Crippen MR) is 131 cm³/mol. The molecule has 3 aliphatic carbocycles. The van der Waals surface area contributed by atoms with Gasteiger partial charge in [-0.3, -0.25) is 9.59 Å². The number of ether oxygens (including phenoxy) is 1. The van der Waals surface area contributed by atoms with Gasteiger partial charge >= 0.3 is 12.1 Å². The Hall–Kier alpha value is -3.35. The molecule has 7 heteroatoms. The topological polar surface area (TPSA) is 105 Å². The number of carboxylic acid groups (broad SMARTS) is 1. The second kappa shape index (κ2) is 10.1. The fourth-order valence-electron chi connectivity index (χ4n) is 5.87. The Kier molecular flexibility index (Phi) is 6.75. The fraction of sp³-hybridized carbons (Fsp3) is 0.464. The predicted octanol–water partition coefficient (Wildman–Crippen LogP) is 4.45. The largest absolute Gasteiger partial charge is 0.481 e. The summed E-state index contributed by atoms with van der Waals surface area (Å²) in [7, 11) is 0. The van der Waals surface area contributed by atoms with Crippen LogP contribution in [0.5, 0.6) is 0 Å². The maximum Gasteiger partial charge on any atom is 0.407 e. The Labute approximate surface area is 205 Å². The molecule has 1 unspecified atom stereocenters. The summed E-state index contributed by atoms with van der Waals surface area (Å²) >= 11 is 0. The van der Waals surface area contributed by atoms with Gasteiger partial charge in [0.2, 0.25) is 5.91 Å². The van der Waals surface area contributed by atoms with E-state index >= 15 is 0 Å². The number of carbonyl (C=O) groups excluding carboxylic acids is 2. The minimum atomic E-state index is -0.800.